The van der Waals surface area contributed by atoms with E-state index in [4.69, 9.17) is 4.74 Å². The highest BCUT2D eigenvalue weighted by atomic mass is 16.5. The number of methoxy groups -OCH3 is 1. The van der Waals surface area contributed by atoms with Gasteiger partial charge in [0.05, 0.1) is 13.7 Å². The fourth-order valence-electron chi connectivity index (χ4n) is 4.15. The maximum atomic E-state index is 12.9. The number of rotatable bonds is 6. The Balaban J connectivity index is 1.72. The lowest BCUT2D eigenvalue weighted by atomic mass is 9.89. The Morgan fingerprint density at radius 3 is 2.46 bits per heavy atom. The Morgan fingerprint density at radius 2 is 1.89 bits per heavy atom. The van der Waals surface area contributed by atoms with Gasteiger partial charge in [-0.2, -0.15) is 0 Å². The van der Waals surface area contributed by atoms with Crippen molar-refractivity contribution in [1.82, 2.24) is 9.80 Å². The van der Waals surface area contributed by atoms with Crippen LogP contribution in [0.15, 0.2) is 42.5 Å². The Morgan fingerprint density at radius 1 is 1.21 bits per heavy atom. The van der Waals surface area contributed by atoms with Gasteiger partial charge in [-0.3, -0.25) is 4.79 Å². The van der Waals surface area contributed by atoms with E-state index < -0.39 is 0 Å². The third-order valence-corrected chi connectivity index (χ3v) is 5.63. The average Bonchev–Trinajstić information content (AvgIpc) is 3.05. The number of benzene rings is 2. The van der Waals surface area contributed by atoms with Gasteiger partial charge in [-0.25, -0.2) is 0 Å². The van der Waals surface area contributed by atoms with Gasteiger partial charge in [-0.05, 0) is 60.8 Å². The van der Waals surface area contributed by atoms with Gasteiger partial charge in [-0.1, -0.05) is 25.1 Å². The predicted octanol–water partition coefficient (Wildman–Crippen LogP) is 3.27. The van der Waals surface area contributed by atoms with E-state index >= 15 is 0 Å². The third-order valence-electron chi connectivity index (χ3n) is 5.63. The molecule has 0 aromatic heterocycles. The molecule has 1 fully saturated rings. The first-order chi connectivity index (χ1) is 13.3. The summed E-state index contributed by atoms with van der Waals surface area (Å²) in [5.74, 6) is 0.721. The number of ether oxygens (including phenoxy) is 1. The van der Waals surface area contributed by atoms with Crippen LogP contribution >= 0.6 is 0 Å². The van der Waals surface area contributed by atoms with Gasteiger partial charge < -0.3 is 19.6 Å². The molecular formula is C23H30N2O3. The standard InChI is InChI=1S/C23H30N2O3/c1-23(11-12-24(2)15-23)16-25(3)22(27)18-7-5-17(6-8-18)19-9-10-21(28-4)20(13-19)14-26/h5-10,13,26H,11-12,14-16H2,1-4H3/t23-/m0/s1. The first kappa shape index (κ1) is 20.4. The molecule has 0 spiro atoms. The highest BCUT2D eigenvalue weighted by molar-refractivity contribution is 5.94. The minimum absolute atomic E-state index is 0.0492. The van der Waals surface area contributed by atoms with Crippen LogP contribution in [0.4, 0.5) is 0 Å². The molecule has 5 heteroatoms. The molecule has 1 saturated heterocycles. The molecule has 150 valence electrons. The van der Waals surface area contributed by atoms with Crippen molar-refractivity contribution in [3.05, 3.63) is 53.6 Å². The predicted molar refractivity (Wildman–Crippen MR) is 112 cm³/mol. The van der Waals surface area contributed by atoms with Gasteiger partial charge in [0.25, 0.3) is 5.91 Å². The summed E-state index contributed by atoms with van der Waals surface area (Å²) in [5, 5.41) is 9.52. The van der Waals surface area contributed by atoms with Crippen LogP contribution in [0.1, 0.15) is 29.3 Å². The van der Waals surface area contributed by atoms with Crippen molar-refractivity contribution in [1.29, 1.82) is 0 Å². The Hall–Kier alpha value is -2.37. The number of hydrogen-bond donors (Lipinski definition) is 1. The van der Waals surface area contributed by atoms with Gasteiger partial charge in [0.2, 0.25) is 0 Å². The Labute approximate surface area is 167 Å². The molecule has 0 unspecified atom stereocenters. The van der Waals surface area contributed by atoms with E-state index in [9.17, 15) is 9.90 Å². The largest absolute Gasteiger partial charge is 0.496 e. The van der Waals surface area contributed by atoms with Gasteiger partial charge in [0, 0.05) is 31.3 Å². The van der Waals surface area contributed by atoms with Gasteiger partial charge in [0.15, 0.2) is 0 Å². The number of hydrogen-bond acceptors (Lipinski definition) is 4. The molecule has 0 aliphatic carbocycles. The number of carbonyl (C=O) groups is 1. The second kappa shape index (κ2) is 8.33. The molecule has 3 rings (SSSR count). The Bertz CT molecular complexity index is 834. The smallest absolute Gasteiger partial charge is 0.253 e. The molecule has 0 bridgehead atoms. The van der Waals surface area contributed by atoms with Crippen LogP contribution in [-0.2, 0) is 6.61 Å². The second-order valence-corrected chi connectivity index (χ2v) is 8.22. The molecule has 2 aromatic rings. The fourth-order valence-corrected chi connectivity index (χ4v) is 4.15. The van der Waals surface area contributed by atoms with Gasteiger partial charge in [0.1, 0.15) is 5.75 Å². The van der Waals surface area contributed by atoms with Crippen molar-refractivity contribution in [2.45, 2.75) is 20.0 Å². The average molecular weight is 383 g/mol. The molecule has 1 amide bonds. The zero-order chi connectivity index (χ0) is 20.3. The van der Waals surface area contributed by atoms with Crippen LogP contribution in [0.3, 0.4) is 0 Å². The van der Waals surface area contributed by atoms with E-state index in [1.54, 1.807) is 7.11 Å². The highest BCUT2D eigenvalue weighted by Crippen LogP contribution is 2.30. The minimum Gasteiger partial charge on any atom is -0.496 e. The van der Waals surface area contributed by atoms with Crippen LogP contribution in [0.25, 0.3) is 11.1 Å². The lowest BCUT2D eigenvalue weighted by Crippen LogP contribution is -2.38. The number of amides is 1. The summed E-state index contributed by atoms with van der Waals surface area (Å²) in [6.45, 7) is 5.05. The number of nitrogens with zero attached hydrogens (tertiary/aromatic N) is 2. The molecule has 1 aliphatic rings. The van der Waals surface area contributed by atoms with Gasteiger partial charge >= 0.3 is 0 Å². The molecule has 1 aliphatic heterocycles. The molecule has 1 atom stereocenters. The SMILES string of the molecule is COc1ccc(-c2ccc(C(=O)N(C)C[C@@]3(C)CCN(C)C3)cc2)cc1CO. The molecule has 1 heterocycles. The topological polar surface area (TPSA) is 53.0 Å². The normalized spacial score (nSPS) is 19.6. The quantitative estimate of drug-likeness (QED) is 0.833. The summed E-state index contributed by atoms with van der Waals surface area (Å²) < 4.78 is 5.26. The van der Waals surface area contributed by atoms with E-state index in [2.05, 4.69) is 18.9 Å². The molecule has 2 aromatic carbocycles. The van der Waals surface area contributed by atoms with E-state index in [-0.39, 0.29) is 17.9 Å². The zero-order valence-electron chi connectivity index (χ0n) is 17.2. The van der Waals surface area contributed by atoms with Crippen LogP contribution in [-0.4, -0.2) is 61.7 Å². The first-order valence-corrected chi connectivity index (χ1v) is 9.67. The lowest BCUT2D eigenvalue weighted by Gasteiger charge is -2.30. The van der Waals surface area contributed by atoms with E-state index in [0.29, 0.717) is 11.3 Å². The van der Waals surface area contributed by atoms with Crippen LogP contribution in [0, 0.1) is 5.41 Å². The van der Waals surface area contributed by atoms with Gasteiger partial charge in [-0.15, -0.1) is 0 Å². The van der Waals surface area contributed by atoms with Crippen molar-refractivity contribution < 1.29 is 14.6 Å². The van der Waals surface area contributed by atoms with Crippen molar-refractivity contribution >= 4 is 5.91 Å². The lowest BCUT2D eigenvalue weighted by molar-refractivity contribution is 0.0730. The molecule has 0 radical (unpaired) electrons. The van der Waals surface area contributed by atoms with E-state index in [1.165, 1.54) is 0 Å². The van der Waals surface area contributed by atoms with Crippen LogP contribution < -0.4 is 4.74 Å². The summed E-state index contributed by atoms with van der Waals surface area (Å²) >= 11 is 0. The molecular weight excluding hydrogens is 352 g/mol. The first-order valence-electron chi connectivity index (χ1n) is 9.67. The van der Waals surface area contributed by atoms with Crippen molar-refractivity contribution in [3.63, 3.8) is 0 Å². The highest BCUT2D eigenvalue weighted by Gasteiger charge is 2.34. The summed E-state index contributed by atoms with van der Waals surface area (Å²) in [6, 6.07) is 13.4. The second-order valence-electron chi connectivity index (χ2n) is 8.22. The molecule has 5 nitrogen and oxygen atoms in total. The van der Waals surface area contributed by atoms with Crippen molar-refractivity contribution in [2.75, 3.05) is 40.8 Å². The third kappa shape index (κ3) is 4.37. The zero-order valence-corrected chi connectivity index (χ0v) is 17.2. The number of carbonyl (C=O) groups excluding carboxylic acids is 1. The maximum absolute atomic E-state index is 12.9. The van der Waals surface area contributed by atoms with Crippen molar-refractivity contribution in [2.24, 2.45) is 5.41 Å². The molecule has 28 heavy (non-hydrogen) atoms. The van der Waals surface area contributed by atoms with Crippen LogP contribution in [0.2, 0.25) is 0 Å². The maximum Gasteiger partial charge on any atom is 0.253 e. The molecule has 1 N–H and O–H groups in total. The summed E-state index contributed by atoms with van der Waals surface area (Å²) in [5.41, 5.74) is 3.58. The van der Waals surface area contributed by atoms with Crippen molar-refractivity contribution in [3.8, 4) is 16.9 Å². The number of aliphatic hydroxyl groups is 1. The number of likely N-dealkylation sites (tertiary alicyclic amines) is 1. The Kier molecular flexibility index (Phi) is 6.06. The van der Waals surface area contributed by atoms with E-state index in [0.717, 1.165) is 42.7 Å². The summed E-state index contributed by atoms with van der Waals surface area (Å²) in [6.07, 6.45) is 1.12. The molecule has 0 saturated carbocycles. The van der Waals surface area contributed by atoms with Crippen LogP contribution in [0.5, 0.6) is 5.75 Å². The number of aliphatic hydroxyl groups excluding tert-OH is 1. The monoisotopic (exact) mass is 382 g/mol. The summed E-state index contributed by atoms with van der Waals surface area (Å²) in [4.78, 5) is 17.0. The summed E-state index contributed by atoms with van der Waals surface area (Å²) in [7, 11) is 5.61. The minimum atomic E-state index is -0.0770. The fraction of sp³-hybridized carbons (Fsp3) is 0.435. The van der Waals surface area contributed by atoms with E-state index in [1.807, 2.05) is 54.4 Å².